The van der Waals surface area contributed by atoms with E-state index in [0.717, 1.165) is 0 Å². The van der Waals surface area contributed by atoms with Gasteiger partial charge >= 0.3 is 0 Å². The summed E-state index contributed by atoms with van der Waals surface area (Å²) in [6, 6.07) is 0. The minimum absolute atomic E-state index is 1.12. The molecule has 0 bridgehead atoms. The molecule has 0 saturated heterocycles. The molecule has 1 atom stereocenters. The van der Waals surface area contributed by atoms with Gasteiger partial charge in [-0.3, -0.25) is 4.90 Å². The highest BCUT2D eigenvalue weighted by molar-refractivity contribution is 7.80. The molecule has 0 aromatic rings. The fraction of sp³-hybridized carbons (Fsp3) is 1.00. The summed E-state index contributed by atoms with van der Waals surface area (Å²) in [5.41, 5.74) is -1.12. The van der Waals surface area contributed by atoms with E-state index >= 15 is 0 Å². The molecule has 0 heterocycles. The van der Waals surface area contributed by atoms with Gasteiger partial charge in [-0.05, 0) is 14.1 Å². The third kappa shape index (κ3) is 2.48. The van der Waals surface area contributed by atoms with Crippen molar-refractivity contribution in [1.29, 1.82) is 0 Å². The Balaban J connectivity index is 2.99. The summed E-state index contributed by atoms with van der Waals surface area (Å²) in [4.78, 5) is 1.36. The van der Waals surface area contributed by atoms with Crippen molar-refractivity contribution in [3.05, 3.63) is 0 Å². The molecular weight excluding hydrogens is 101 g/mol. The molecular formula is C3H8FNS. The standard InChI is InChI=1S/C3H8FNS/c1-5(2)3(4)6/h3,6H,1-2H3. The quantitative estimate of drug-likeness (QED) is 0.295. The minimum Gasteiger partial charge on any atom is -0.272 e. The number of alkyl halides is 1. The Labute approximate surface area is 42.5 Å². The fourth-order valence-corrected chi connectivity index (χ4v) is 0. The van der Waals surface area contributed by atoms with Crippen molar-refractivity contribution < 1.29 is 4.39 Å². The SMILES string of the molecule is CN(C)C(F)S. The van der Waals surface area contributed by atoms with E-state index < -0.39 is 5.63 Å². The lowest BCUT2D eigenvalue weighted by Crippen LogP contribution is -2.16. The molecule has 0 spiro atoms. The monoisotopic (exact) mass is 109 g/mol. The molecule has 38 valence electrons. The van der Waals surface area contributed by atoms with Gasteiger partial charge in [-0.2, -0.15) is 0 Å². The van der Waals surface area contributed by atoms with Crippen LogP contribution in [0.3, 0.4) is 0 Å². The first-order valence-electron chi connectivity index (χ1n) is 1.63. The third-order valence-electron chi connectivity index (χ3n) is 0.426. The number of nitrogens with zero attached hydrogens (tertiary/aromatic N) is 1. The van der Waals surface area contributed by atoms with Crippen molar-refractivity contribution in [1.82, 2.24) is 4.90 Å². The Bertz CT molecular complexity index is 31.8. The summed E-state index contributed by atoms with van der Waals surface area (Å²) in [5.74, 6) is 0. The normalized spacial score (nSPS) is 15.5. The van der Waals surface area contributed by atoms with Gasteiger partial charge in [-0.1, -0.05) is 0 Å². The first-order chi connectivity index (χ1) is 2.64. The van der Waals surface area contributed by atoms with Gasteiger partial charge in [0.05, 0.1) is 0 Å². The van der Waals surface area contributed by atoms with Crippen LogP contribution in [0.15, 0.2) is 0 Å². The zero-order valence-corrected chi connectivity index (χ0v) is 4.74. The maximum atomic E-state index is 11.6. The molecule has 0 N–H and O–H groups in total. The lowest BCUT2D eigenvalue weighted by molar-refractivity contribution is 0.231. The van der Waals surface area contributed by atoms with Crippen LogP contribution in [-0.4, -0.2) is 24.6 Å². The zero-order chi connectivity index (χ0) is 5.15. The molecule has 0 aromatic heterocycles. The van der Waals surface area contributed by atoms with Gasteiger partial charge in [0.25, 0.3) is 0 Å². The first-order valence-corrected chi connectivity index (χ1v) is 2.15. The molecule has 0 aliphatic carbocycles. The molecule has 1 nitrogen and oxygen atoms in total. The second-order valence-corrected chi connectivity index (χ2v) is 1.70. The topological polar surface area (TPSA) is 3.24 Å². The van der Waals surface area contributed by atoms with Crippen molar-refractivity contribution in [2.24, 2.45) is 0 Å². The average molecular weight is 109 g/mol. The summed E-state index contributed by atoms with van der Waals surface area (Å²) in [6.07, 6.45) is 0. The van der Waals surface area contributed by atoms with Crippen molar-refractivity contribution >= 4 is 12.6 Å². The van der Waals surface area contributed by atoms with Crippen molar-refractivity contribution in [2.45, 2.75) is 5.63 Å². The Hall–Kier alpha value is 0.240. The molecule has 0 fully saturated rings. The summed E-state index contributed by atoms with van der Waals surface area (Å²) in [6.45, 7) is 0. The van der Waals surface area contributed by atoms with Gasteiger partial charge in [-0.25, -0.2) is 4.39 Å². The Kier molecular flexibility index (Phi) is 2.52. The van der Waals surface area contributed by atoms with E-state index in [1.54, 1.807) is 14.1 Å². The molecule has 0 rings (SSSR count). The predicted molar refractivity (Wildman–Crippen MR) is 27.6 cm³/mol. The van der Waals surface area contributed by atoms with Crippen molar-refractivity contribution in [2.75, 3.05) is 14.1 Å². The van der Waals surface area contributed by atoms with E-state index in [-0.39, 0.29) is 0 Å². The molecule has 0 amide bonds. The fourth-order valence-electron chi connectivity index (χ4n) is 0. The largest absolute Gasteiger partial charge is 0.272 e. The molecule has 0 aromatic carbocycles. The van der Waals surface area contributed by atoms with Crippen LogP contribution < -0.4 is 0 Å². The second kappa shape index (κ2) is 2.42. The predicted octanol–water partition coefficient (Wildman–Crippen LogP) is 0.731. The minimum atomic E-state index is -1.12. The van der Waals surface area contributed by atoms with Gasteiger partial charge in [-0.15, -0.1) is 12.6 Å². The number of hydrogen-bond acceptors (Lipinski definition) is 2. The van der Waals surface area contributed by atoms with Gasteiger partial charge in [0.15, 0.2) is 5.63 Å². The summed E-state index contributed by atoms with van der Waals surface area (Å²) in [7, 11) is 3.25. The highest BCUT2D eigenvalue weighted by atomic mass is 32.1. The van der Waals surface area contributed by atoms with Gasteiger partial charge in [0.1, 0.15) is 0 Å². The van der Waals surface area contributed by atoms with Crippen LogP contribution in [0.1, 0.15) is 0 Å². The number of hydrogen-bond donors (Lipinski definition) is 1. The summed E-state index contributed by atoms with van der Waals surface area (Å²) in [5, 5.41) is 0. The molecule has 3 heteroatoms. The molecule has 0 saturated carbocycles. The molecule has 6 heavy (non-hydrogen) atoms. The van der Waals surface area contributed by atoms with E-state index in [0.29, 0.717) is 0 Å². The third-order valence-corrected chi connectivity index (χ3v) is 0.888. The van der Waals surface area contributed by atoms with Crippen LogP contribution >= 0.6 is 12.6 Å². The summed E-state index contributed by atoms with van der Waals surface area (Å²) < 4.78 is 11.6. The zero-order valence-electron chi connectivity index (χ0n) is 3.85. The Morgan fingerprint density at radius 3 is 1.83 bits per heavy atom. The lowest BCUT2D eigenvalue weighted by Gasteiger charge is -2.07. The van der Waals surface area contributed by atoms with Crippen molar-refractivity contribution in [3.63, 3.8) is 0 Å². The van der Waals surface area contributed by atoms with E-state index in [9.17, 15) is 4.39 Å². The Morgan fingerprint density at radius 1 is 1.67 bits per heavy atom. The molecule has 0 aliphatic heterocycles. The number of thiol groups is 1. The van der Waals surface area contributed by atoms with Crippen LogP contribution in [0.25, 0.3) is 0 Å². The molecule has 1 unspecified atom stereocenters. The van der Waals surface area contributed by atoms with E-state index in [1.807, 2.05) is 0 Å². The lowest BCUT2D eigenvalue weighted by atomic mass is 11.0. The maximum absolute atomic E-state index is 11.6. The van der Waals surface area contributed by atoms with Crippen LogP contribution in [0, 0.1) is 0 Å². The second-order valence-electron chi connectivity index (χ2n) is 1.27. The van der Waals surface area contributed by atoms with Gasteiger partial charge in [0, 0.05) is 0 Å². The van der Waals surface area contributed by atoms with E-state index in [4.69, 9.17) is 0 Å². The molecule has 0 aliphatic rings. The smallest absolute Gasteiger partial charge is 0.197 e. The average Bonchev–Trinajstić information content (AvgIpc) is 1.36. The van der Waals surface area contributed by atoms with E-state index in [2.05, 4.69) is 12.6 Å². The van der Waals surface area contributed by atoms with Crippen LogP contribution in [0.5, 0.6) is 0 Å². The Morgan fingerprint density at radius 2 is 1.83 bits per heavy atom. The van der Waals surface area contributed by atoms with E-state index in [1.165, 1.54) is 4.90 Å². The molecule has 0 radical (unpaired) electrons. The van der Waals surface area contributed by atoms with Crippen LogP contribution in [0.4, 0.5) is 4.39 Å². The first kappa shape index (κ1) is 6.24. The number of halogens is 1. The van der Waals surface area contributed by atoms with Crippen LogP contribution in [-0.2, 0) is 0 Å². The van der Waals surface area contributed by atoms with Crippen molar-refractivity contribution in [3.8, 4) is 0 Å². The maximum Gasteiger partial charge on any atom is 0.197 e. The summed E-state index contributed by atoms with van der Waals surface area (Å²) >= 11 is 3.45. The van der Waals surface area contributed by atoms with Crippen LogP contribution in [0.2, 0.25) is 0 Å². The highest BCUT2D eigenvalue weighted by Crippen LogP contribution is 1.96. The number of rotatable bonds is 1. The van der Waals surface area contributed by atoms with Gasteiger partial charge in [0.2, 0.25) is 0 Å². The highest BCUT2D eigenvalue weighted by Gasteiger charge is 1.96. The van der Waals surface area contributed by atoms with Gasteiger partial charge < -0.3 is 0 Å².